The molecule has 0 unspecified atom stereocenters. The van der Waals surface area contributed by atoms with E-state index in [1.54, 1.807) is 0 Å². The first kappa shape index (κ1) is 11.1. The molecule has 0 heterocycles. The molecule has 0 aliphatic carbocycles. The van der Waals surface area contributed by atoms with E-state index in [9.17, 15) is 9.18 Å². The van der Waals surface area contributed by atoms with Crippen molar-refractivity contribution in [1.29, 1.82) is 0 Å². The largest absolute Gasteiger partial charge is 0.495 e. The van der Waals surface area contributed by atoms with Gasteiger partial charge in [-0.25, -0.2) is 4.39 Å². The highest BCUT2D eigenvalue weighted by Gasteiger charge is 2.01. The van der Waals surface area contributed by atoms with Gasteiger partial charge in [-0.05, 0) is 12.1 Å². The van der Waals surface area contributed by atoms with Crippen LogP contribution in [0.25, 0.3) is 0 Å². The lowest BCUT2D eigenvalue weighted by molar-refractivity contribution is -0.135. The van der Waals surface area contributed by atoms with E-state index in [0.717, 1.165) is 0 Å². The minimum atomic E-state index is -0.997. The van der Waals surface area contributed by atoms with E-state index < -0.39 is 11.8 Å². The maximum absolute atomic E-state index is 12.8. The predicted octanol–water partition coefficient (Wildman–Crippen LogP) is 1.66. The van der Waals surface area contributed by atoms with Gasteiger partial charge in [0.25, 0.3) is 0 Å². The molecule has 1 rings (SSSR count). The van der Waals surface area contributed by atoms with Gasteiger partial charge in [0.05, 0.1) is 12.7 Å². The molecule has 0 bridgehead atoms. The number of carboxylic acids is 1. The molecular weight excluding hydrogens is 199 g/mol. The second-order valence-electron chi connectivity index (χ2n) is 2.72. The SMILES string of the molecule is COc1cc(F)ccc1C#CCC(=O)O. The number of hydrogen-bond acceptors (Lipinski definition) is 2. The second-order valence-corrected chi connectivity index (χ2v) is 2.72. The average molecular weight is 208 g/mol. The maximum Gasteiger partial charge on any atom is 0.315 e. The number of hydrogen-bond donors (Lipinski definition) is 1. The van der Waals surface area contributed by atoms with Crippen LogP contribution in [0.4, 0.5) is 4.39 Å². The van der Waals surface area contributed by atoms with Crippen molar-refractivity contribution in [3.8, 4) is 17.6 Å². The smallest absolute Gasteiger partial charge is 0.315 e. The van der Waals surface area contributed by atoms with Crippen molar-refractivity contribution in [2.45, 2.75) is 6.42 Å². The Hall–Kier alpha value is -2.02. The van der Waals surface area contributed by atoms with E-state index >= 15 is 0 Å². The predicted molar refractivity (Wildman–Crippen MR) is 52.1 cm³/mol. The minimum absolute atomic E-state index is 0.249. The summed E-state index contributed by atoms with van der Waals surface area (Å²) in [6, 6.07) is 3.89. The monoisotopic (exact) mass is 208 g/mol. The zero-order chi connectivity index (χ0) is 11.3. The van der Waals surface area contributed by atoms with Crippen LogP contribution in [0.5, 0.6) is 5.75 Å². The third-order valence-electron chi connectivity index (χ3n) is 1.63. The molecule has 0 aromatic heterocycles. The molecule has 0 spiro atoms. The van der Waals surface area contributed by atoms with Gasteiger partial charge in [0.1, 0.15) is 18.0 Å². The summed E-state index contributed by atoms with van der Waals surface area (Å²) in [6.45, 7) is 0. The fraction of sp³-hybridized carbons (Fsp3) is 0.182. The van der Waals surface area contributed by atoms with Gasteiger partial charge < -0.3 is 9.84 Å². The van der Waals surface area contributed by atoms with Crippen LogP contribution in [0, 0.1) is 17.7 Å². The first-order valence-electron chi connectivity index (χ1n) is 4.17. The van der Waals surface area contributed by atoms with Crippen LogP contribution in [-0.4, -0.2) is 18.2 Å². The Bertz CT molecular complexity index is 429. The molecule has 0 aliphatic rings. The minimum Gasteiger partial charge on any atom is -0.495 e. The van der Waals surface area contributed by atoms with Crippen molar-refractivity contribution >= 4 is 5.97 Å². The van der Waals surface area contributed by atoms with Crippen LogP contribution in [0.3, 0.4) is 0 Å². The van der Waals surface area contributed by atoms with Gasteiger partial charge in [-0.2, -0.15) is 0 Å². The number of halogens is 1. The lowest BCUT2D eigenvalue weighted by atomic mass is 10.2. The molecule has 0 saturated carbocycles. The molecule has 1 aromatic carbocycles. The van der Waals surface area contributed by atoms with Crippen LogP contribution >= 0.6 is 0 Å². The first-order chi connectivity index (χ1) is 7.13. The zero-order valence-electron chi connectivity index (χ0n) is 8.08. The highest BCUT2D eigenvalue weighted by atomic mass is 19.1. The normalized spacial score (nSPS) is 8.93. The Morgan fingerprint density at radius 2 is 2.33 bits per heavy atom. The topological polar surface area (TPSA) is 46.5 Å². The van der Waals surface area contributed by atoms with Gasteiger partial charge in [-0.3, -0.25) is 4.79 Å². The van der Waals surface area contributed by atoms with Crippen molar-refractivity contribution in [1.82, 2.24) is 0 Å². The van der Waals surface area contributed by atoms with Gasteiger partial charge in [-0.15, -0.1) is 0 Å². The number of aliphatic carboxylic acids is 1. The molecule has 4 heteroatoms. The molecule has 3 nitrogen and oxygen atoms in total. The van der Waals surface area contributed by atoms with Crippen LogP contribution in [0.1, 0.15) is 12.0 Å². The number of ether oxygens (including phenoxy) is 1. The molecule has 0 aliphatic heterocycles. The number of carboxylic acid groups (broad SMARTS) is 1. The van der Waals surface area contributed by atoms with Crippen molar-refractivity contribution in [2.24, 2.45) is 0 Å². The molecule has 0 saturated heterocycles. The summed E-state index contributed by atoms with van der Waals surface area (Å²) in [6.07, 6.45) is -0.249. The molecule has 1 N–H and O–H groups in total. The lowest BCUT2D eigenvalue weighted by Crippen LogP contribution is -1.91. The summed E-state index contributed by atoms with van der Waals surface area (Å²) in [5.74, 6) is 3.93. The Balaban J connectivity index is 2.92. The number of methoxy groups -OCH3 is 1. The Kier molecular flexibility index (Phi) is 3.69. The molecule has 0 radical (unpaired) electrons. The number of carbonyl (C=O) groups is 1. The molecule has 1 aromatic rings. The lowest BCUT2D eigenvalue weighted by Gasteiger charge is -2.01. The van der Waals surface area contributed by atoms with Gasteiger partial charge in [0.15, 0.2) is 0 Å². The summed E-state index contributed by atoms with van der Waals surface area (Å²) >= 11 is 0. The second kappa shape index (κ2) is 5.01. The van der Waals surface area contributed by atoms with Gasteiger partial charge in [-0.1, -0.05) is 11.8 Å². The van der Waals surface area contributed by atoms with Crippen molar-refractivity contribution in [3.05, 3.63) is 29.6 Å². The average Bonchev–Trinajstić information content (AvgIpc) is 2.19. The molecule has 0 fully saturated rings. The van der Waals surface area contributed by atoms with Gasteiger partial charge in [0.2, 0.25) is 0 Å². The van der Waals surface area contributed by atoms with Gasteiger partial charge >= 0.3 is 5.97 Å². The Morgan fingerprint density at radius 1 is 1.60 bits per heavy atom. The van der Waals surface area contributed by atoms with E-state index in [-0.39, 0.29) is 6.42 Å². The van der Waals surface area contributed by atoms with Crippen LogP contribution in [0.15, 0.2) is 18.2 Å². The van der Waals surface area contributed by atoms with Crippen LogP contribution in [-0.2, 0) is 4.79 Å². The highest BCUT2D eigenvalue weighted by Crippen LogP contribution is 2.18. The van der Waals surface area contributed by atoms with Crippen molar-refractivity contribution < 1.29 is 19.0 Å². The van der Waals surface area contributed by atoms with E-state index in [2.05, 4.69) is 11.8 Å². The summed E-state index contributed by atoms with van der Waals surface area (Å²) in [4.78, 5) is 10.2. The fourth-order valence-corrected chi connectivity index (χ4v) is 0.983. The van der Waals surface area contributed by atoms with Crippen molar-refractivity contribution in [2.75, 3.05) is 7.11 Å². The molecule has 15 heavy (non-hydrogen) atoms. The van der Waals surface area contributed by atoms with Crippen LogP contribution < -0.4 is 4.74 Å². The fourth-order valence-electron chi connectivity index (χ4n) is 0.983. The summed E-state index contributed by atoms with van der Waals surface area (Å²) in [5.41, 5.74) is 0.472. The molecule has 0 amide bonds. The first-order valence-corrected chi connectivity index (χ1v) is 4.17. The van der Waals surface area contributed by atoms with E-state index in [0.29, 0.717) is 11.3 Å². The van der Waals surface area contributed by atoms with E-state index in [4.69, 9.17) is 9.84 Å². The van der Waals surface area contributed by atoms with Gasteiger partial charge in [0, 0.05) is 6.07 Å². The third-order valence-corrected chi connectivity index (χ3v) is 1.63. The number of benzene rings is 1. The zero-order valence-corrected chi connectivity index (χ0v) is 8.08. The Labute approximate surface area is 86.5 Å². The Morgan fingerprint density at radius 3 is 2.93 bits per heavy atom. The summed E-state index contributed by atoms with van der Waals surface area (Å²) in [5, 5.41) is 8.37. The third kappa shape index (κ3) is 3.31. The standard InChI is InChI=1S/C11H9FO3/c1-15-10-7-9(12)6-5-8(10)3-2-4-11(13)14/h5-7H,4H2,1H3,(H,13,14). The maximum atomic E-state index is 12.8. The van der Waals surface area contributed by atoms with E-state index in [1.807, 2.05) is 0 Å². The highest BCUT2D eigenvalue weighted by molar-refractivity contribution is 5.70. The van der Waals surface area contributed by atoms with Crippen molar-refractivity contribution in [3.63, 3.8) is 0 Å². The number of rotatable bonds is 2. The van der Waals surface area contributed by atoms with E-state index in [1.165, 1.54) is 25.3 Å². The van der Waals surface area contributed by atoms with Crippen LogP contribution in [0.2, 0.25) is 0 Å². The summed E-state index contributed by atoms with van der Waals surface area (Å²) in [7, 11) is 1.40. The summed E-state index contributed by atoms with van der Waals surface area (Å²) < 4.78 is 17.7. The molecule has 0 atom stereocenters. The quantitative estimate of drug-likeness (QED) is 0.752. The molecule has 78 valence electrons. The molecular formula is C11H9FO3.